The van der Waals surface area contributed by atoms with Crippen LogP contribution >= 0.6 is 209 Å². The monoisotopic (exact) mass is 2400 g/mol. The number of ketones is 1. The minimum absolute atomic E-state index is 0.115. The molecular formula is C99H106Cl18O30. The van der Waals surface area contributed by atoms with Gasteiger partial charge in [0, 0.05) is 126 Å². The van der Waals surface area contributed by atoms with Crippen LogP contribution in [0.5, 0.6) is 0 Å². The lowest BCUT2D eigenvalue weighted by Crippen LogP contribution is -2.48. The van der Waals surface area contributed by atoms with Crippen molar-refractivity contribution in [2.75, 3.05) is 75.2 Å². The Kier molecular flexibility index (Phi) is 53.1. The Morgan fingerprint density at radius 3 is 0.857 bits per heavy atom. The van der Waals surface area contributed by atoms with Crippen molar-refractivity contribution < 1.29 is 145 Å². The maximum atomic E-state index is 12.5. The first-order valence-corrected chi connectivity index (χ1v) is 51.4. The molecule has 15 rings (SSSR count). The van der Waals surface area contributed by atoms with Crippen LogP contribution in [0.1, 0.15) is 57.0 Å². The van der Waals surface area contributed by atoms with Crippen molar-refractivity contribution in [2.45, 2.75) is 207 Å². The molecule has 0 radical (unpaired) electrons. The highest BCUT2D eigenvalue weighted by Crippen LogP contribution is 2.40. The van der Waals surface area contributed by atoms with E-state index in [2.05, 4.69) is 9.47 Å². The Balaban J connectivity index is 0.000000188. The molecule has 0 aliphatic carbocycles. The number of hydrogen-bond donors (Lipinski definition) is 9. The van der Waals surface area contributed by atoms with Gasteiger partial charge in [0.05, 0.1) is 99.1 Å². The molecule has 48 heteroatoms. The fourth-order valence-electron chi connectivity index (χ4n) is 15.1. The second-order valence-corrected chi connectivity index (χ2v) is 40.9. The van der Waals surface area contributed by atoms with E-state index in [1.54, 1.807) is 160 Å². The highest BCUT2D eigenvalue weighted by Gasteiger charge is 2.55. The maximum absolute atomic E-state index is 12.5. The fraction of sp³-hybridized carbons (Fsp3) is 0.444. The molecule has 9 aromatic carbocycles. The molecular weight excluding hydrogens is 2310 g/mol. The summed E-state index contributed by atoms with van der Waals surface area (Å²) in [5, 5.41) is 92.6. The third-order valence-electron chi connectivity index (χ3n) is 23.0. The number of halogens is 18. The van der Waals surface area contributed by atoms with Crippen LogP contribution < -0.4 is 0 Å². The van der Waals surface area contributed by atoms with Crippen LogP contribution in [0.2, 0.25) is 90.4 Å². The number of ether oxygens (including phenoxy) is 20. The number of rotatable bonds is 38. The van der Waals surface area contributed by atoms with E-state index in [0.29, 0.717) is 96.0 Å². The van der Waals surface area contributed by atoms with Crippen LogP contribution in [-0.2, 0) is 159 Å². The molecule has 808 valence electrons. The molecule has 6 fully saturated rings. The summed E-state index contributed by atoms with van der Waals surface area (Å²) in [7, 11) is 7.22. The van der Waals surface area contributed by atoms with E-state index in [-0.39, 0.29) is 98.3 Å². The van der Waals surface area contributed by atoms with Crippen LogP contribution in [0.3, 0.4) is 0 Å². The molecule has 23 atom stereocenters. The number of carbonyl (C=O) groups excluding carboxylic acids is 1. The van der Waals surface area contributed by atoms with Crippen molar-refractivity contribution in [1.82, 2.24) is 0 Å². The lowest BCUT2D eigenvalue weighted by molar-refractivity contribution is -0.190. The van der Waals surface area contributed by atoms with Crippen LogP contribution in [0.25, 0.3) is 0 Å². The highest BCUT2D eigenvalue weighted by atomic mass is 35.5. The van der Waals surface area contributed by atoms with Gasteiger partial charge in [0.2, 0.25) is 12.1 Å². The first-order chi connectivity index (χ1) is 70.1. The van der Waals surface area contributed by atoms with Gasteiger partial charge in [-0.3, -0.25) is 4.79 Å². The van der Waals surface area contributed by atoms with E-state index in [4.69, 9.17) is 330 Å². The summed E-state index contributed by atoms with van der Waals surface area (Å²) in [6.07, 6.45) is -18.5. The SMILES string of the molecule is COC1O[C@H](CO)[C@@H](O)[C@H]1O.COC1O[C@H](COCc2ccc(Cl)cc2Cl)[C@@H](OCc2ccc(Cl)cc2Cl)C1=O.COC1O[C@H](COCc2ccc(Cl)cc2Cl)[C@@H](OCc2ccc(Cl)cc2Cl)[C@H]1O.COC1O[C@H](COCc2ccc(Cl)cc2Cl)[C@@H](OCc2ccc(Cl)cc2Cl)[C@H]1OCc1ccc(Cl)cc1Cl.COC1O[C@H](COCc2ccc(Cl)cc2Cl)[C@@H](OCc2ccc(Cl)cc2Cl)[C@]1(C)O.OC[C@H]1OC(O)[C@H](O)[C@@H]1O. The van der Waals surface area contributed by atoms with Gasteiger partial charge in [-0.25, -0.2) is 0 Å². The zero-order valence-corrected chi connectivity index (χ0v) is 92.4. The molecule has 9 aromatic rings. The number of aliphatic hydroxyl groups is 9. The van der Waals surface area contributed by atoms with Crippen molar-refractivity contribution in [3.8, 4) is 0 Å². The number of aliphatic hydroxyl groups excluding tert-OH is 8. The number of benzene rings is 9. The largest absolute Gasteiger partial charge is 0.394 e. The van der Waals surface area contributed by atoms with Crippen molar-refractivity contribution in [2.24, 2.45) is 0 Å². The molecule has 9 N–H and O–H groups in total. The lowest BCUT2D eigenvalue weighted by Gasteiger charge is -2.29. The van der Waals surface area contributed by atoms with Gasteiger partial charge in [-0.05, 0) is 166 Å². The third-order valence-corrected chi connectivity index (χ3v) is 28.2. The van der Waals surface area contributed by atoms with Gasteiger partial charge in [0.15, 0.2) is 31.5 Å². The Bertz CT molecular complexity index is 5630. The first kappa shape index (κ1) is 126. The molecule has 0 amide bonds. The quantitative estimate of drug-likeness (QED) is 0.0173. The molecule has 0 aromatic heterocycles. The molecule has 6 aliphatic heterocycles. The Labute approximate surface area is 938 Å². The van der Waals surface area contributed by atoms with Crippen molar-refractivity contribution in [3.05, 3.63) is 304 Å². The standard InChI is InChI=1S/C27H24Cl6O5.C21H22Cl4O5.C20H20Cl4O5.C20H18Cl4O5.C6H12O5.C5H10O5/c1-34-27-26(37-13-17-4-7-20(30)10-23(17)33)25(36-12-16-3-6-19(29)9-22(16)32)24(38-27)14-35-11-15-2-5-18(28)8-21(15)31;1-21(26)19(29-10-13-4-6-15(23)8-17(13)25)18(30-20(21)27-2)11-28-9-12-3-5-14(22)7-16(12)24;2*1-26-20-18(25)19(28-9-12-3-5-14(22)7-16(12)24)17(29-20)10-27-8-11-2-4-13(21)6-15(11)23;1-10-6-5(9)4(8)3(2-7)11-6;6-1-2-3(7)4(8)5(9)10-2/h2-10,24-27H,11-14H2,1H3;3-8,18-20,26H,9-11H2,1-2H3;2-7,17-20,25H,8-10H2,1H3;2-7,17,19-20H,8-10H2,1H3;3-9H,2H2,1H3;2-9H,1H2/t24-,25-,26-,27?;18-,19-,20?,21+;17-,18-,19-,20?;17-,19-,20?;3-,4-,5-,6?;2-,3-,4-,5?/m111111/s1. The molecule has 6 heterocycles. The van der Waals surface area contributed by atoms with Crippen LogP contribution in [0.4, 0.5) is 0 Å². The van der Waals surface area contributed by atoms with Crippen molar-refractivity contribution in [3.63, 3.8) is 0 Å². The average Bonchev–Trinajstić information content (AvgIpc) is 1.63. The van der Waals surface area contributed by atoms with Crippen LogP contribution in [0.15, 0.2) is 164 Å². The fourth-order valence-corrected chi connectivity index (χ4v) is 19.2. The Morgan fingerprint density at radius 2 is 0.558 bits per heavy atom. The van der Waals surface area contributed by atoms with Crippen LogP contribution in [0, 0.1) is 0 Å². The number of carbonyl (C=O) groups is 1. The summed E-state index contributed by atoms with van der Waals surface area (Å²) in [5.41, 5.74) is 5.50. The predicted octanol–water partition coefficient (Wildman–Crippen LogP) is 20.2. The van der Waals surface area contributed by atoms with Gasteiger partial charge >= 0.3 is 0 Å². The zero-order chi connectivity index (χ0) is 107. The minimum Gasteiger partial charge on any atom is -0.394 e. The third kappa shape index (κ3) is 36.9. The van der Waals surface area contributed by atoms with Gasteiger partial charge in [0.1, 0.15) is 103 Å². The van der Waals surface area contributed by atoms with Gasteiger partial charge in [-0.15, -0.1) is 0 Å². The van der Waals surface area contributed by atoms with E-state index < -0.39 is 148 Å². The van der Waals surface area contributed by atoms with Gasteiger partial charge in [-0.2, -0.15) is 0 Å². The molecule has 6 unspecified atom stereocenters. The summed E-state index contributed by atoms with van der Waals surface area (Å²) in [6, 6.07) is 46.5. The smallest absolute Gasteiger partial charge is 0.220 e. The first-order valence-electron chi connectivity index (χ1n) is 44.6. The Hall–Kier alpha value is -3.29. The summed E-state index contributed by atoms with van der Waals surface area (Å²) in [5.74, 6) is -0.310. The van der Waals surface area contributed by atoms with Gasteiger partial charge < -0.3 is 141 Å². The van der Waals surface area contributed by atoms with Crippen molar-refractivity contribution in [1.29, 1.82) is 0 Å². The normalized spacial score (nSPS) is 26.5. The van der Waals surface area contributed by atoms with E-state index in [1.165, 1.54) is 28.4 Å². The molecule has 0 saturated carbocycles. The van der Waals surface area contributed by atoms with E-state index in [1.807, 2.05) is 18.2 Å². The Morgan fingerprint density at radius 1 is 0.279 bits per heavy atom. The lowest BCUT2D eigenvalue weighted by atomic mass is 9.97. The molecule has 0 bridgehead atoms. The topological polar surface area (TPSA) is 384 Å². The second kappa shape index (κ2) is 62.2. The molecule has 147 heavy (non-hydrogen) atoms. The van der Waals surface area contributed by atoms with E-state index in [9.17, 15) is 15.0 Å². The minimum atomic E-state index is -1.39. The zero-order valence-electron chi connectivity index (χ0n) is 78.8. The highest BCUT2D eigenvalue weighted by molar-refractivity contribution is 6.39. The van der Waals surface area contributed by atoms with Gasteiger partial charge in [-0.1, -0.05) is 263 Å². The summed E-state index contributed by atoms with van der Waals surface area (Å²) in [4.78, 5) is 12.5. The predicted molar refractivity (Wildman–Crippen MR) is 559 cm³/mol. The molecule has 6 aliphatic rings. The number of Topliss-reactive ketones (excluding diaryl/α,β-unsaturated/α-hetero) is 1. The van der Waals surface area contributed by atoms with Crippen molar-refractivity contribution >= 4 is 215 Å². The number of hydrogen-bond acceptors (Lipinski definition) is 30. The van der Waals surface area contributed by atoms with E-state index in [0.717, 1.165) is 44.5 Å². The van der Waals surface area contributed by atoms with E-state index >= 15 is 0 Å². The van der Waals surface area contributed by atoms with Crippen LogP contribution in [-0.4, -0.2) is 268 Å². The molecule has 0 spiro atoms. The molecule has 30 nitrogen and oxygen atoms in total. The van der Waals surface area contributed by atoms with Gasteiger partial charge in [0.25, 0.3) is 0 Å². The maximum Gasteiger partial charge on any atom is 0.220 e. The number of methoxy groups -OCH3 is 5. The summed E-state index contributed by atoms with van der Waals surface area (Å²) in [6.45, 7) is 3.38. The molecule has 6 saturated heterocycles. The average molecular weight is 2410 g/mol. The summed E-state index contributed by atoms with van der Waals surface area (Å²) < 4.78 is 112. The second-order valence-electron chi connectivity index (χ2n) is 33.3. The summed E-state index contributed by atoms with van der Waals surface area (Å²) >= 11 is 110.